The number of aryl methyl sites for hydroxylation is 1. The van der Waals surface area contributed by atoms with Crippen molar-refractivity contribution in [1.29, 1.82) is 0 Å². The summed E-state index contributed by atoms with van der Waals surface area (Å²) in [6.07, 6.45) is 4.44. The molecule has 9 heteroatoms. The van der Waals surface area contributed by atoms with Gasteiger partial charge in [0.25, 0.3) is 0 Å². The first-order chi connectivity index (χ1) is 14.3. The number of hydrogen-bond donors (Lipinski definition) is 3. The van der Waals surface area contributed by atoms with Gasteiger partial charge in [0.05, 0.1) is 5.69 Å². The number of H-pyrrole nitrogens is 1. The van der Waals surface area contributed by atoms with Crippen LogP contribution in [0.1, 0.15) is 24.8 Å². The Labute approximate surface area is 175 Å². The number of aromatic amines is 1. The number of halogens is 4. The van der Waals surface area contributed by atoms with Crippen LogP contribution in [0.25, 0.3) is 10.9 Å². The second-order valence-corrected chi connectivity index (χ2v) is 7.93. The Hall–Kier alpha value is -2.68. The number of fused-ring (bicyclic) bond motifs is 1. The maximum Gasteiger partial charge on any atom is 0.441 e. The number of benzene rings is 2. The first-order valence-electron chi connectivity index (χ1n) is 9.44. The Kier molecular flexibility index (Phi) is 7.25. The molecule has 0 aliphatic carbocycles. The number of alkyl halides is 3. The van der Waals surface area contributed by atoms with E-state index in [1.54, 1.807) is 24.4 Å². The summed E-state index contributed by atoms with van der Waals surface area (Å²) >= 11 is 0.0230. The first-order valence-corrected chi connectivity index (χ1v) is 10.4. The van der Waals surface area contributed by atoms with E-state index >= 15 is 0 Å². The van der Waals surface area contributed by atoms with Crippen molar-refractivity contribution in [2.24, 2.45) is 0 Å². The number of carbonyl (C=O) groups excluding carboxylic acids is 1. The highest BCUT2D eigenvalue weighted by Crippen LogP contribution is 2.31. The molecule has 0 bridgehead atoms. The third-order valence-electron chi connectivity index (χ3n) is 4.48. The van der Waals surface area contributed by atoms with E-state index in [4.69, 9.17) is 0 Å². The van der Waals surface area contributed by atoms with Crippen LogP contribution in [0.2, 0.25) is 0 Å². The molecule has 3 N–H and O–H groups in total. The van der Waals surface area contributed by atoms with Crippen LogP contribution >= 0.6 is 11.8 Å². The number of aromatic nitrogens is 1. The molecule has 1 aromatic heterocycles. The van der Waals surface area contributed by atoms with E-state index in [-0.39, 0.29) is 23.3 Å². The Morgan fingerprint density at radius 1 is 1.00 bits per heavy atom. The predicted octanol–water partition coefficient (Wildman–Crippen LogP) is 6.92. The number of hydrogen-bond acceptors (Lipinski definition) is 2. The van der Waals surface area contributed by atoms with Gasteiger partial charge in [0, 0.05) is 28.5 Å². The number of unbranched alkanes of at least 4 members (excludes halogenated alkanes) is 2. The van der Waals surface area contributed by atoms with E-state index in [0.29, 0.717) is 28.7 Å². The van der Waals surface area contributed by atoms with E-state index in [1.807, 2.05) is 12.1 Å². The van der Waals surface area contributed by atoms with Gasteiger partial charge >= 0.3 is 11.5 Å². The van der Waals surface area contributed by atoms with Crippen LogP contribution in [0.5, 0.6) is 0 Å². The van der Waals surface area contributed by atoms with Crippen molar-refractivity contribution in [3.63, 3.8) is 0 Å². The lowest BCUT2D eigenvalue weighted by Crippen LogP contribution is -2.19. The predicted molar refractivity (Wildman–Crippen MR) is 113 cm³/mol. The molecule has 0 aliphatic heterocycles. The van der Waals surface area contributed by atoms with Crippen molar-refractivity contribution in [2.75, 3.05) is 16.4 Å². The zero-order chi connectivity index (χ0) is 21.6. The van der Waals surface area contributed by atoms with E-state index in [0.717, 1.165) is 24.8 Å². The maximum absolute atomic E-state index is 13.4. The normalized spacial score (nSPS) is 11.6. The van der Waals surface area contributed by atoms with Gasteiger partial charge in [-0.05, 0) is 55.2 Å². The highest BCUT2D eigenvalue weighted by molar-refractivity contribution is 8.00. The maximum atomic E-state index is 13.4. The van der Waals surface area contributed by atoms with Gasteiger partial charge in [-0.3, -0.25) is 0 Å². The Morgan fingerprint density at radius 3 is 2.50 bits per heavy atom. The zero-order valence-electron chi connectivity index (χ0n) is 16.0. The highest BCUT2D eigenvalue weighted by atomic mass is 32.2. The van der Waals surface area contributed by atoms with Gasteiger partial charge in [-0.15, -0.1) is 0 Å². The Balaban J connectivity index is 1.43. The monoisotopic (exact) mass is 439 g/mol. The van der Waals surface area contributed by atoms with Crippen LogP contribution in [0.3, 0.4) is 0 Å². The molecular weight excluding hydrogens is 418 g/mol. The lowest BCUT2D eigenvalue weighted by molar-refractivity contribution is -0.0328. The molecular formula is C21H21F4N3OS. The minimum atomic E-state index is -4.15. The quantitative estimate of drug-likeness (QED) is 0.264. The average molecular weight is 439 g/mol. The molecule has 3 rings (SSSR count). The van der Waals surface area contributed by atoms with Crippen molar-refractivity contribution < 1.29 is 22.4 Å². The molecule has 2 aromatic carbocycles. The van der Waals surface area contributed by atoms with Crippen molar-refractivity contribution in [1.82, 2.24) is 4.98 Å². The number of nitrogens with one attached hydrogen (secondary N) is 3. The lowest BCUT2D eigenvalue weighted by atomic mass is 10.1. The van der Waals surface area contributed by atoms with Gasteiger partial charge in [0.2, 0.25) is 0 Å². The number of rotatable bonds is 8. The second kappa shape index (κ2) is 9.88. The summed E-state index contributed by atoms with van der Waals surface area (Å²) in [4.78, 5) is 15.2. The van der Waals surface area contributed by atoms with E-state index in [2.05, 4.69) is 15.6 Å². The minimum absolute atomic E-state index is 0.0230. The van der Waals surface area contributed by atoms with Crippen LogP contribution in [-0.2, 0) is 6.42 Å². The van der Waals surface area contributed by atoms with Crippen LogP contribution in [0.4, 0.5) is 33.7 Å². The van der Waals surface area contributed by atoms with E-state index in [1.165, 1.54) is 12.1 Å². The van der Waals surface area contributed by atoms with Crippen LogP contribution in [-0.4, -0.2) is 22.3 Å². The molecule has 0 unspecified atom stereocenters. The van der Waals surface area contributed by atoms with Gasteiger partial charge in [-0.2, -0.15) is 13.2 Å². The summed E-state index contributed by atoms with van der Waals surface area (Å²) in [7, 11) is 0. The van der Waals surface area contributed by atoms with Gasteiger partial charge in [0.15, 0.2) is 0 Å². The third-order valence-corrected chi connectivity index (χ3v) is 5.30. The molecule has 0 atom stereocenters. The molecule has 0 saturated heterocycles. The summed E-state index contributed by atoms with van der Waals surface area (Å²) in [6.45, 7) is 0. The van der Waals surface area contributed by atoms with Gasteiger partial charge in [-0.1, -0.05) is 30.3 Å². The molecule has 0 saturated carbocycles. The van der Waals surface area contributed by atoms with Crippen LogP contribution in [0.15, 0.2) is 48.7 Å². The Morgan fingerprint density at radius 2 is 1.77 bits per heavy atom. The summed E-state index contributed by atoms with van der Waals surface area (Å²) in [5.41, 5.74) is -1.31. The highest BCUT2D eigenvalue weighted by Gasteiger charge is 2.27. The molecule has 0 spiro atoms. The average Bonchev–Trinajstić information content (AvgIpc) is 3.07. The van der Waals surface area contributed by atoms with Crippen LogP contribution in [0, 0.1) is 5.82 Å². The number of carbonyl (C=O) groups is 1. The second-order valence-electron chi connectivity index (χ2n) is 6.77. The van der Waals surface area contributed by atoms with E-state index in [9.17, 15) is 22.4 Å². The number of thioether (sulfide) groups is 1. The van der Waals surface area contributed by atoms with Crippen molar-refractivity contribution >= 4 is 40.1 Å². The lowest BCUT2D eigenvalue weighted by Gasteiger charge is -2.08. The zero-order valence-corrected chi connectivity index (χ0v) is 16.8. The molecule has 1 heterocycles. The van der Waals surface area contributed by atoms with Crippen LogP contribution < -0.4 is 10.6 Å². The summed E-state index contributed by atoms with van der Waals surface area (Å²) in [6, 6.07) is 11.1. The molecule has 2 amide bonds. The third kappa shape index (κ3) is 6.69. The summed E-state index contributed by atoms with van der Waals surface area (Å²) in [5, 5.41) is 5.99. The first kappa shape index (κ1) is 22.0. The van der Waals surface area contributed by atoms with Gasteiger partial charge in [0.1, 0.15) is 5.82 Å². The Bertz CT molecular complexity index is 986. The standard InChI is InChI=1S/C21H21F4N3OS/c22-15-7-10-18-17(12-15)19(13-26-18)28-20(29)27-16-8-5-14(6-9-16)4-2-1-3-11-30-21(23,24)25/h5-10,12-13,26H,1-4,11H2,(H2,27,28,29). The molecule has 0 aliphatic rings. The van der Waals surface area contributed by atoms with Crippen molar-refractivity contribution in [2.45, 2.75) is 31.2 Å². The molecule has 30 heavy (non-hydrogen) atoms. The smallest absolute Gasteiger partial charge is 0.359 e. The van der Waals surface area contributed by atoms with Crippen molar-refractivity contribution in [3.05, 3.63) is 60.0 Å². The molecule has 0 fully saturated rings. The van der Waals surface area contributed by atoms with Crippen molar-refractivity contribution in [3.8, 4) is 0 Å². The molecule has 160 valence electrons. The largest absolute Gasteiger partial charge is 0.441 e. The van der Waals surface area contributed by atoms with Gasteiger partial charge in [-0.25, -0.2) is 9.18 Å². The number of urea groups is 1. The molecule has 0 radical (unpaired) electrons. The minimum Gasteiger partial charge on any atom is -0.359 e. The fourth-order valence-electron chi connectivity index (χ4n) is 3.03. The number of anilines is 2. The molecule has 3 aromatic rings. The summed E-state index contributed by atoms with van der Waals surface area (Å²) < 4.78 is 49.6. The van der Waals surface area contributed by atoms with E-state index < -0.39 is 11.5 Å². The fraction of sp³-hybridized carbons (Fsp3) is 0.286. The van der Waals surface area contributed by atoms with Gasteiger partial charge < -0.3 is 15.6 Å². The molecule has 4 nitrogen and oxygen atoms in total. The topological polar surface area (TPSA) is 56.9 Å². The SMILES string of the molecule is O=C(Nc1ccc(CCCCCSC(F)(F)F)cc1)Nc1c[nH]c2ccc(F)cc12. The fourth-order valence-corrected chi connectivity index (χ4v) is 3.61. The summed E-state index contributed by atoms with van der Waals surface area (Å²) in [5.74, 6) is -0.301. The number of amides is 2.